The van der Waals surface area contributed by atoms with Gasteiger partial charge < -0.3 is 10.0 Å². The molecule has 1 N–H and O–H groups in total. The lowest BCUT2D eigenvalue weighted by atomic mass is 9.67. The van der Waals surface area contributed by atoms with E-state index in [2.05, 4.69) is 24.8 Å². The molecule has 1 saturated carbocycles. The lowest BCUT2D eigenvalue weighted by molar-refractivity contribution is -0.0656. The Bertz CT molecular complexity index is 351. The summed E-state index contributed by atoms with van der Waals surface area (Å²) in [5.74, 6) is 0.634. The van der Waals surface area contributed by atoms with Crippen LogP contribution in [0, 0.1) is 22.7 Å². The molecule has 0 radical (unpaired) electrons. The SMILES string of the molecule is CCC1CCC(C#N)(C2(O)CCCN(CC)CC2)C1. The van der Waals surface area contributed by atoms with Crippen molar-refractivity contribution in [1.82, 2.24) is 4.90 Å². The van der Waals surface area contributed by atoms with E-state index >= 15 is 0 Å². The minimum atomic E-state index is -0.754. The van der Waals surface area contributed by atoms with Crippen LogP contribution in [0.2, 0.25) is 0 Å². The van der Waals surface area contributed by atoms with Gasteiger partial charge in [0.05, 0.1) is 17.1 Å². The fourth-order valence-electron chi connectivity index (χ4n) is 4.09. The summed E-state index contributed by atoms with van der Waals surface area (Å²) < 4.78 is 0. The predicted octanol–water partition coefficient (Wildman–Crippen LogP) is 2.94. The zero-order valence-corrected chi connectivity index (χ0v) is 12.5. The Labute approximate surface area is 117 Å². The highest BCUT2D eigenvalue weighted by Gasteiger charge is 2.54. The van der Waals surface area contributed by atoms with Crippen molar-refractivity contribution in [1.29, 1.82) is 5.26 Å². The Morgan fingerprint density at radius 2 is 2.05 bits per heavy atom. The van der Waals surface area contributed by atoms with Crippen LogP contribution >= 0.6 is 0 Å². The summed E-state index contributed by atoms with van der Waals surface area (Å²) in [7, 11) is 0. The molecule has 3 unspecified atom stereocenters. The van der Waals surface area contributed by atoms with Crippen molar-refractivity contribution in [2.45, 2.75) is 64.4 Å². The van der Waals surface area contributed by atoms with Crippen LogP contribution in [0.15, 0.2) is 0 Å². The van der Waals surface area contributed by atoms with Crippen LogP contribution in [0.25, 0.3) is 0 Å². The number of nitrogens with zero attached hydrogens (tertiary/aromatic N) is 2. The standard InChI is InChI=1S/C16H28N2O/c1-3-14-6-8-15(12-14,13-17)16(19)7-5-10-18(4-2)11-9-16/h14,19H,3-12H2,1-2H3. The van der Waals surface area contributed by atoms with Gasteiger partial charge in [-0.1, -0.05) is 20.3 Å². The first-order valence-electron chi connectivity index (χ1n) is 7.95. The zero-order valence-electron chi connectivity index (χ0n) is 12.5. The van der Waals surface area contributed by atoms with Crippen molar-refractivity contribution in [3.05, 3.63) is 0 Å². The third-order valence-electron chi connectivity index (χ3n) is 5.65. The van der Waals surface area contributed by atoms with Gasteiger partial charge in [0, 0.05) is 6.54 Å². The lowest BCUT2D eigenvalue weighted by Crippen LogP contribution is -2.47. The van der Waals surface area contributed by atoms with E-state index < -0.39 is 11.0 Å². The molecule has 0 spiro atoms. The van der Waals surface area contributed by atoms with Gasteiger partial charge in [-0.05, 0) is 57.5 Å². The number of hydrogen-bond donors (Lipinski definition) is 1. The minimum absolute atomic E-state index is 0.475. The monoisotopic (exact) mass is 264 g/mol. The summed E-state index contributed by atoms with van der Waals surface area (Å²) in [4.78, 5) is 2.40. The number of aliphatic hydroxyl groups is 1. The van der Waals surface area contributed by atoms with Crippen LogP contribution in [0.1, 0.15) is 58.8 Å². The van der Waals surface area contributed by atoms with E-state index in [0.717, 1.165) is 64.6 Å². The van der Waals surface area contributed by atoms with Crippen molar-refractivity contribution in [2.75, 3.05) is 19.6 Å². The maximum absolute atomic E-state index is 11.2. The zero-order chi connectivity index (χ0) is 13.9. The van der Waals surface area contributed by atoms with E-state index in [1.807, 2.05) is 0 Å². The van der Waals surface area contributed by atoms with Crippen molar-refractivity contribution in [3.63, 3.8) is 0 Å². The molecule has 3 heteroatoms. The first-order chi connectivity index (χ1) is 9.09. The Morgan fingerprint density at radius 3 is 2.63 bits per heavy atom. The Balaban J connectivity index is 2.15. The molecule has 1 saturated heterocycles. The average molecular weight is 264 g/mol. The van der Waals surface area contributed by atoms with Crippen LogP contribution in [0.5, 0.6) is 0 Å². The Morgan fingerprint density at radius 1 is 1.26 bits per heavy atom. The van der Waals surface area contributed by atoms with Gasteiger partial charge in [-0.15, -0.1) is 0 Å². The number of rotatable bonds is 3. The third kappa shape index (κ3) is 2.66. The van der Waals surface area contributed by atoms with Gasteiger partial charge in [0.25, 0.3) is 0 Å². The highest BCUT2D eigenvalue weighted by atomic mass is 16.3. The van der Waals surface area contributed by atoms with Crippen LogP contribution in [-0.4, -0.2) is 35.2 Å². The molecule has 3 atom stereocenters. The molecular weight excluding hydrogens is 236 g/mol. The highest BCUT2D eigenvalue weighted by molar-refractivity contribution is 5.15. The van der Waals surface area contributed by atoms with Crippen LogP contribution in [-0.2, 0) is 0 Å². The topological polar surface area (TPSA) is 47.3 Å². The average Bonchev–Trinajstić information content (AvgIpc) is 2.78. The van der Waals surface area contributed by atoms with E-state index in [4.69, 9.17) is 0 Å². The highest BCUT2D eigenvalue weighted by Crippen LogP contribution is 2.53. The number of likely N-dealkylation sites (tertiary alicyclic amines) is 1. The summed E-state index contributed by atoms with van der Waals surface area (Å²) in [6, 6.07) is 2.54. The molecule has 2 rings (SSSR count). The van der Waals surface area contributed by atoms with E-state index in [0.29, 0.717) is 5.92 Å². The van der Waals surface area contributed by atoms with Crippen LogP contribution in [0.4, 0.5) is 0 Å². The summed E-state index contributed by atoms with van der Waals surface area (Å²) in [5, 5.41) is 20.9. The second kappa shape index (κ2) is 5.81. The smallest absolute Gasteiger partial charge is 0.0863 e. The first-order valence-corrected chi connectivity index (χ1v) is 7.95. The largest absolute Gasteiger partial charge is 0.388 e. The molecule has 0 bridgehead atoms. The van der Waals surface area contributed by atoms with Gasteiger partial charge in [-0.2, -0.15) is 5.26 Å². The van der Waals surface area contributed by atoms with E-state index in [1.165, 1.54) is 0 Å². The molecule has 1 heterocycles. The summed E-state index contributed by atoms with van der Waals surface area (Å²) in [5.41, 5.74) is -1.23. The molecule has 1 aliphatic carbocycles. The molecule has 108 valence electrons. The number of hydrogen-bond acceptors (Lipinski definition) is 3. The quantitative estimate of drug-likeness (QED) is 0.852. The summed E-state index contributed by atoms with van der Waals surface area (Å²) in [6.45, 7) is 7.43. The third-order valence-corrected chi connectivity index (χ3v) is 5.65. The number of nitriles is 1. The van der Waals surface area contributed by atoms with Gasteiger partial charge >= 0.3 is 0 Å². The lowest BCUT2D eigenvalue weighted by Gasteiger charge is -2.40. The van der Waals surface area contributed by atoms with Crippen molar-refractivity contribution in [3.8, 4) is 6.07 Å². The van der Waals surface area contributed by atoms with Gasteiger partial charge in [0.1, 0.15) is 0 Å². The van der Waals surface area contributed by atoms with Gasteiger partial charge in [-0.25, -0.2) is 0 Å². The molecule has 2 fully saturated rings. The van der Waals surface area contributed by atoms with Crippen molar-refractivity contribution >= 4 is 0 Å². The minimum Gasteiger partial charge on any atom is -0.388 e. The van der Waals surface area contributed by atoms with Crippen molar-refractivity contribution in [2.24, 2.45) is 11.3 Å². The Kier molecular flexibility index (Phi) is 4.53. The maximum Gasteiger partial charge on any atom is 0.0863 e. The molecule has 0 aromatic carbocycles. The van der Waals surface area contributed by atoms with Gasteiger partial charge in [0.15, 0.2) is 0 Å². The molecule has 1 aliphatic heterocycles. The molecule has 0 amide bonds. The molecular formula is C16H28N2O. The van der Waals surface area contributed by atoms with Gasteiger partial charge in [0.2, 0.25) is 0 Å². The summed E-state index contributed by atoms with van der Waals surface area (Å²) in [6.07, 6.45) is 6.64. The summed E-state index contributed by atoms with van der Waals surface area (Å²) >= 11 is 0. The predicted molar refractivity (Wildman–Crippen MR) is 76.6 cm³/mol. The molecule has 2 aliphatic rings. The van der Waals surface area contributed by atoms with Crippen LogP contribution in [0.3, 0.4) is 0 Å². The normalized spacial score (nSPS) is 40.8. The van der Waals surface area contributed by atoms with E-state index in [1.54, 1.807) is 0 Å². The Hall–Kier alpha value is -0.590. The van der Waals surface area contributed by atoms with Gasteiger partial charge in [-0.3, -0.25) is 0 Å². The maximum atomic E-state index is 11.2. The molecule has 0 aromatic rings. The van der Waals surface area contributed by atoms with E-state index in [9.17, 15) is 10.4 Å². The fourth-order valence-corrected chi connectivity index (χ4v) is 4.09. The fraction of sp³-hybridized carbons (Fsp3) is 0.938. The van der Waals surface area contributed by atoms with E-state index in [-0.39, 0.29) is 0 Å². The molecule has 0 aromatic heterocycles. The van der Waals surface area contributed by atoms with Crippen LogP contribution < -0.4 is 0 Å². The molecule has 3 nitrogen and oxygen atoms in total. The first kappa shape index (κ1) is 14.8. The second-order valence-electron chi connectivity index (χ2n) is 6.53. The second-order valence-corrected chi connectivity index (χ2v) is 6.53. The van der Waals surface area contributed by atoms with Crippen molar-refractivity contribution < 1.29 is 5.11 Å². The molecule has 19 heavy (non-hydrogen) atoms.